The van der Waals surface area contributed by atoms with Crippen LogP contribution in [-0.2, 0) is 6.18 Å². The summed E-state index contributed by atoms with van der Waals surface area (Å²) >= 11 is 0. The number of halogens is 3. The smallest absolute Gasteiger partial charge is 0.417 e. The van der Waals surface area contributed by atoms with Crippen molar-refractivity contribution in [3.05, 3.63) is 88.8 Å². The second-order valence-electron chi connectivity index (χ2n) is 10.3. The SMILES string of the molecule is CC(C)c1cc(C#N)cc2nc(-c3ccc(C(=O)NCC4CC=C(c5ccc(C(F)(F)F)cn5)CC4)cc3)oc12. The molecule has 1 amide bonds. The average Bonchev–Trinajstić information content (AvgIpc) is 3.39. The molecule has 2 heterocycles. The number of nitriles is 1. The van der Waals surface area contributed by atoms with E-state index in [1.54, 1.807) is 30.3 Å². The van der Waals surface area contributed by atoms with Gasteiger partial charge in [0, 0.05) is 29.4 Å². The number of carbonyl (C=O) groups excluding carboxylic acids is 1. The Morgan fingerprint density at radius 1 is 1.18 bits per heavy atom. The molecule has 0 spiro atoms. The number of rotatable bonds is 6. The van der Waals surface area contributed by atoms with Crippen molar-refractivity contribution in [2.45, 2.75) is 45.2 Å². The molecule has 5 rings (SSSR count). The minimum Gasteiger partial charge on any atom is -0.436 e. The number of hydrogen-bond donors (Lipinski definition) is 1. The van der Waals surface area contributed by atoms with Gasteiger partial charge in [-0.3, -0.25) is 9.78 Å². The molecule has 1 unspecified atom stereocenters. The minimum atomic E-state index is -4.40. The van der Waals surface area contributed by atoms with Crippen molar-refractivity contribution < 1.29 is 22.4 Å². The third-order valence-corrected chi connectivity index (χ3v) is 7.15. The van der Waals surface area contributed by atoms with Gasteiger partial charge in [0.25, 0.3) is 5.91 Å². The van der Waals surface area contributed by atoms with Crippen LogP contribution in [0, 0.1) is 17.2 Å². The molecule has 1 aliphatic carbocycles. The van der Waals surface area contributed by atoms with Gasteiger partial charge in [-0.15, -0.1) is 0 Å². The lowest BCUT2D eigenvalue weighted by Gasteiger charge is -2.22. The lowest BCUT2D eigenvalue weighted by atomic mass is 9.88. The molecule has 0 fully saturated rings. The van der Waals surface area contributed by atoms with E-state index < -0.39 is 11.7 Å². The lowest BCUT2D eigenvalue weighted by Crippen LogP contribution is -2.29. The zero-order valence-corrected chi connectivity index (χ0v) is 22.0. The molecule has 1 aliphatic rings. The average molecular weight is 545 g/mol. The Balaban J connectivity index is 1.20. The van der Waals surface area contributed by atoms with E-state index in [2.05, 4.69) is 21.4 Å². The van der Waals surface area contributed by atoms with Gasteiger partial charge < -0.3 is 9.73 Å². The van der Waals surface area contributed by atoms with Gasteiger partial charge in [0.1, 0.15) is 5.52 Å². The van der Waals surface area contributed by atoms with Crippen LogP contribution in [0.15, 0.2) is 65.2 Å². The number of benzene rings is 2. The van der Waals surface area contributed by atoms with Crippen molar-refractivity contribution in [1.29, 1.82) is 5.26 Å². The van der Waals surface area contributed by atoms with Gasteiger partial charge in [0.15, 0.2) is 5.58 Å². The quantitative estimate of drug-likeness (QED) is 0.271. The first-order chi connectivity index (χ1) is 19.1. The molecule has 0 radical (unpaired) electrons. The van der Waals surface area contributed by atoms with Crippen LogP contribution in [0.5, 0.6) is 0 Å². The van der Waals surface area contributed by atoms with Crippen molar-refractivity contribution in [2.24, 2.45) is 5.92 Å². The summed E-state index contributed by atoms with van der Waals surface area (Å²) in [6.07, 6.45) is 0.659. The maximum absolute atomic E-state index is 12.8. The van der Waals surface area contributed by atoms with Crippen LogP contribution in [-0.4, -0.2) is 22.4 Å². The summed E-state index contributed by atoms with van der Waals surface area (Å²) in [7, 11) is 0. The largest absolute Gasteiger partial charge is 0.436 e. The fraction of sp³-hybridized carbons (Fsp3) is 0.290. The summed E-state index contributed by atoms with van der Waals surface area (Å²) in [5, 5.41) is 12.3. The number of aromatic nitrogens is 2. The van der Waals surface area contributed by atoms with Gasteiger partial charge in [-0.05, 0) is 85.2 Å². The van der Waals surface area contributed by atoms with Crippen LogP contribution in [0.3, 0.4) is 0 Å². The summed E-state index contributed by atoms with van der Waals surface area (Å²) in [4.78, 5) is 21.3. The predicted octanol–water partition coefficient (Wildman–Crippen LogP) is 7.52. The molecular formula is C31H27F3N4O2. The van der Waals surface area contributed by atoms with E-state index in [1.807, 2.05) is 26.0 Å². The molecule has 2 aromatic heterocycles. The Hall–Kier alpha value is -4.45. The third kappa shape index (κ3) is 5.76. The van der Waals surface area contributed by atoms with Crippen LogP contribution < -0.4 is 5.32 Å². The summed E-state index contributed by atoms with van der Waals surface area (Å²) in [6.45, 7) is 4.56. The van der Waals surface area contributed by atoms with Gasteiger partial charge >= 0.3 is 6.18 Å². The zero-order valence-electron chi connectivity index (χ0n) is 22.0. The van der Waals surface area contributed by atoms with Crippen molar-refractivity contribution in [2.75, 3.05) is 6.54 Å². The number of carbonyl (C=O) groups is 1. The molecule has 0 saturated heterocycles. The number of fused-ring (bicyclic) bond motifs is 1. The Morgan fingerprint density at radius 2 is 1.95 bits per heavy atom. The first kappa shape index (κ1) is 27.1. The number of oxazole rings is 1. The standard InChI is InChI=1S/C31H27F3N4O2/c1-18(2)25-13-20(15-35)14-27-28(25)40-30(38-27)23-9-7-22(8-10-23)29(39)37-16-19-3-5-21(6-4-19)26-12-11-24(17-36-26)31(32,33)34/h5,7-14,17-19H,3-4,6,16H2,1-2H3,(H,37,39). The maximum Gasteiger partial charge on any atom is 0.417 e. The molecule has 6 nitrogen and oxygen atoms in total. The van der Waals surface area contributed by atoms with Crippen LogP contribution in [0.2, 0.25) is 0 Å². The molecule has 2 aromatic carbocycles. The normalized spacial score (nSPS) is 15.6. The molecule has 1 N–H and O–H groups in total. The van der Waals surface area contributed by atoms with E-state index in [9.17, 15) is 23.2 Å². The predicted molar refractivity (Wildman–Crippen MR) is 145 cm³/mol. The molecular weight excluding hydrogens is 517 g/mol. The number of amides is 1. The van der Waals surface area contributed by atoms with Crippen molar-refractivity contribution in [3.63, 3.8) is 0 Å². The molecule has 0 aliphatic heterocycles. The fourth-order valence-corrected chi connectivity index (χ4v) is 4.84. The Bertz CT molecular complexity index is 1610. The molecule has 204 valence electrons. The summed E-state index contributed by atoms with van der Waals surface area (Å²) in [5.74, 6) is 0.625. The van der Waals surface area contributed by atoms with Crippen LogP contribution in [0.25, 0.3) is 28.1 Å². The highest BCUT2D eigenvalue weighted by Crippen LogP contribution is 2.33. The van der Waals surface area contributed by atoms with E-state index in [-0.39, 0.29) is 17.7 Å². The van der Waals surface area contributed by atoms with E-state index in [0.717, 1.165) is 35.4 Å². The van der Waals surface area contributed by atoms with E-state index >= 15 is 0 Å². The Labute approximate surface area is 229 Å². The first-order valence-electron chi connectivity index (χ1n) is 13.1. The molecule has 1 atom stereocenters. The number of nitrogens with zero attached hydrogens (tertiary/aromatic N) is 3. The van der Waals surface area contributed by atoms with Gasteiger partial charge in [0.2, 0.25) is 5.89 Å². The van der Waals surface area contributed by atoms with Gasteiger partial charge in [-0.25, -0.2) is 4.98 Å². The maximum atomic E-state index is 12.8. The van der Waals surface area contributed by atoms with Crippen molar-refractivity contribution >= 4 is 22.6 Å². The molecule has 0 saturated carbocycles. The van der Waals surface area contributed by atoms with Gasteiger partial charge in [-0.2, -0.15) is 18.4 Å². The molecule has 9 heteroatoms. The molecule has 0 bridgehead atoms. The molecule has 4 aromatic rings. The number of allylic oxidation sites excluding steroid dienone is 2. The second kappa shape index (κ2) is 11.0. The minimum absolute atomic E-state index is 0.162. The topological polar surface area (TPSA) is 91.8 Å². The van der Waals surface area contributed by atoms with Crippen molar-refractivity contribution in [3.8, 4) is 17.5 Å². The van der Waals surface area contributed by atoms with Crippen molar-refractivity contribution in [1.82, 2.24) is 15.3 Å². The van der Waals surface area contributed by atoms with E-state index in [1.165, 1.54) is 6.07 Å². The van der Waals surface area contributed by atoms with E-state index in [0.29, 0.717) is 53.2 Å². The highest BCUT2D eigenvalue weighted by Gasteiger charge is 2.31. The summed E-state index contributed by atoms with van der Waals surface area (Å²) in [6, 6.07) is 15.2. The number of nitrogens with one attached hydrogen (secondary N) is 1. The highest BCUT2D eigenvalue weighted by atomic mass is 19.4. The second-order valence-corrected chi connectivity index (χ2v) is 10.3. The Morgan fingerprint density at radius 3 is 2.55 bits per heavy atom. The fourth-order valence-electron chi connectivity index (χ4n) is 4.84. The summed E-state index contributed by atoms with van der Waals surface area (Å²) in [5.41, 5.74) is 4.69. The third-order valence-electron chi connectivity index (χ3n) is 7.15. The van der Waals surface area contributed by atoms with Crippen LogP contribution >= 0.6 is 0 Å². The number of alkyl halides is 3. The monoisotopic (exact) mass is 544 g/mol. The Kier molecular flexibility index (Phi) is 7.44. The van der Waals surface area contributed by atoms with E-state index in [4.69, 9.17) is 4.42 Å². The molecule has 40 heavy (non-hydrogen) atoms. The first-order valence-corrected chi connectivity index (χ1v) is 13.1. The summed E-state index contributed by atoms with van der Waals surface area (Å²) < 4.78 is 44.4. The zero-order chi connectivity index (χ0) is 28.4. The van der Waals surface area contributed by atoms with Crippen LogP contribution in [0.4, 0.5) is 13.2 Å². The number of hydrogen-bond acceptors (Lipinski definition) is 5. The van der Waals surface area contributed by atoms with Gasteiger partial charge in [0.05, 0.1) is 22.9 Å². The number of pyridine rings is 1. The highest BCUT2D eigenvalue weighted by molar-refractivity contribution is 5.94. The lowest BCUT2D eigenvalue weighted by molar-refractivity contribution is -0.137. The van der Waals surface area contributed by atoms with Crippen LogP contribution in [0.1, 0.15) is 71.8 Å². The van der Waals surface area contributed by atoms with Gasteiger partial charge in [-0.1, -0.05) is 19.9 Å².